The van der Waals surface area contributed by atoms with Crippen LogP contribution < -0.4 is 10.1 Å². The van der Waals surface area contributed by atoms with Gasteiger partial charge in [-0.05, 0) is 40.8 Å². The Morgan fingerprint density at radius 1 is 0.864 bits per heavy atom. The Labute approximate surface area is 257 Å². The van der Waals surface area contributed by atoms with Gasteiger partial charge in [0.25, 0.3) is 5.91 Å². The van der Waals surface area contributed by atoms with E-state index in [1.807, 2.05) is 71.8 Å². The van der Waals surface area contributed by atoms with E-state index in [0.29, 0.717) is 25.4 Å². The van der Waals surface area contributed by atoms with E-state index >= 15 is 0 Å². The van der Waals surface area contributed by atoms with Crippen LogP contribution in [0.5, 0.6) is 11.5 Å². The number of phenolic OH excluding ortho intramolecular Hbond substituents is 1. The summed E-state index contributed by atoms with van der Waals surface area (Å²) in [6.07, 6.45) is 3.31. The Kier molecular flexibility index (Phi) is 9.42. The van der Waals surface area contributed by atoms with Crippen molar-refractivity contribution in [3.63, 3.8) is 0 Å². The zero-order valence-electron chi connectivity index (χ0n) is 24.5. The molecule has 4 aromatic carbocycles. The molecule has 2 N–H and O–H groups in total. The number of aromatic hydroxyl groups is 1. The van der Waals surface area contributed by atoms with Gasteiger partial charge in [-0.2, -0.15) is 5.06 Å². The van der Waals surface area contributed by atoms with E-state index in [0.717, 1.165) is 53.6 Å². The van der Waals surface area contributed by atoms with E-state index in [4.69, 9.17) is 9.57 Å². The lowest BCUT2D eigenvalue weighted by molar-refractivity contribution is -0.203. The summed E-state index contributed by atoms with van der Waals surface area (Å²) < 4.78 is 6.00. The van der Waals surface area contributed by atoms with Crippen LogP contribution in [0, 0.1) is 0 Å². The van der Waals surface area contributed by atoms with Crippen LogP contribution in [0.15, 0.2) is 116 Å². The maximum absolute atomic E-state index is 13.0. The molecule has 0 spiro atoms. The third-order valence-corrected chi connectivity index (χ3v) is 7.82. The molecule has 0 radical (unpaired) electrons. The number of nitrogens with zero attached hydrogens (tertiary/aromatic N) is 3. The molecule has 44 heavy (non-hydrogen) atoms. The fourth-order valence-corrected chi connectivity index (χ4v) is 5.44. The van der Waals surface area contributed by atoms with Crippen molar-refractivity contribution in [2.75, 3.05) is 39.3 Å². The highest BCUT2D eigenvalue weighted by Gasteiger charge is 2.23. The summed E-state index contributed by atoms with van der Waals surface area (Å²) in [5, 5.41) is 17.3. The molecule has 1 aliphatic rings. The van der Waals surface area contributed by atoms with Crippen LogP contribution in [0.25, 0.3) is 10.8 Å². The average molecular weight is 589 g/mol. The number of aromatic nitrogens is 1. The number of fused-ring (bicyclic) bond motifs is 1. The van der Waals surface area contributed by atoms with Gasteiger partial charge in [0.1, 0.15) is 24.2 Å². The predicted octanol–water partition coefficient (Wildman–Crippen LogP) is 5.59. The Morgan fingerprint density at radius 2 is 1.59 bits per heavy atom. The van der Waals surface area contributed by atoms with Crippen LogP contribution in [-0.4, -0.2) is 65.2 Å². The van der Waals surface area contributed by atoms with E-state index < -0.39 is 0 Å². The molecule has 224 valence electrons. The summed E-state index contributed by atoms with van der Waals surface area (Å²) in [4.78, 5) is 26.0. The van der Waals surface area contributed by atoms with Gasteiger partial charge in [0.05, 0.1) is 5.56 Å². The molecule has 1 aliphatic heterocycles. The van der Waals surface area contributed by atoms with E-state index in [9.17, 15) is 9.90 Å². The fraction of sp³-hybridized carbons (Fsp3) is 0.222. The minimum atomic E-state index is -0.304. The molecule has 1 fully saturated rings. The normalized spacial score (nSPS) is 14.1. The number of carbonyl (C=O) groups is 1. The highest BCUT2D eigenvalue weighted by molar-refractivity contribution is 6.02. The van der Waals surface area contributed by atoms with Crippen LogP contribution >= 0.6 is 0 Å². The number of carbonyl (C=O) groups excluding carboxylic acids is 1. The summed E-state index contributed by atoms with van der Waals surface area (Å²) in [6, 6.07) is 33.3. The van der Waals surface area contributed by atoms with Crippen molar-refractivity contribution in [2.24, 2.45) is 0 Å². The SMILES string of the molecule is O=C(NCCN1CCN(OC(c2ccccc2)c2ccccc2)CC1)c1cc2cccc(OCc3cccnc3)c2cc1O. The quantitative estimate of drug-likeness (QED) is 0.208. The number of hydrogen-bond acceptors (Lipinski definition) is 7. The zero-order valence-corrected chi connectivity index (χ0v) is 24.5. The molecule has 6 rings (SSSR count). The van der Waals surface area contributed by atoms with Gasteiger partial charge in [0.15, 0.2) is 0 Å². The van der Waals surface area contributed by atoms with Gasteiger partial charge in [-0.1, -0.05) is 78.9 Å². The first kappa shape index (κ1) is 29.3. The summed E-state index contributed by atoms with van der Waals surface area (Å²) in [5.74, 6) is 0.252. The molecule has 2 heterocycles. The molecule has 8 nitrogen and oxygen atoms in total. The highest BCUT2D eigenvalue weighted by atomic mass is 16.7. The van der Waals surface area contributed by atoms with Crippen molar-refractivity contribution in [3.05, 3.63) is 138 Å². The Bertz CT molecular complexity index is 1620. The molecule has 0 saturated carbocycles. The number of hydrogen-bond donors (Lipinski definition) is 2. The van der Waals surface area contributed by atoms with Crippen LogP contribution in [-0.2, 0) is 11.4 Å². The van der Waals surface area contributed by atoms with Crippen LogP contribution in [0.1, 0.15) is 33.2 Å². The van der Waals surface area contributed by atoms with E-state index in [-0.39, 0.29) is 23.3 Å². The van der Waals surface area contributed by atoms with Gasteiger partial charge >= 0.3 is 0 Å². The van der Waals surface area contributed by atoms with Crippen LogP contribution in [0.3, 0.4) is 0 Å². The van der Waals surface area contributed by atoms with Crippen LogP contribution in [0.4, 0.5) is 0 Å². The lowest BCUT2D eigenvalue weighted by Crippen LogP contribution is -2.48. The monoisotopic (exact) mass is 588 g/mol. The molecule has 0 aliphatic carbocycles. The van der Waals surface area contributed by atoms with Crippen molar-refractivity contribution < 1.29 is 19.5 Å². The number of nitrogens with one attached hydrogen (secondary N) is 1. The van der Waals surface area contributed by atoms with Crippen molar-refractivity contribution in [2.45, 2.75) is 12.7 Å². The molecule has 1 saturated heterocycles. The number of amides is 1. The predicted molar refractivity (Wildman–Crippen MR) is 170 cm³/mol. The maximum Gasteiger partial charge on any atom is 0.255 e. The molecule has 0 bridgehead atoms. The van der Waals surface area contributed by atoms with Gasteiger partial charge in [0, 0.05) is 62.6 Å². The lowest BCUT2D eigenvalue weighted by Gasteiger charge is -2.36. The van der Waals surface area contributed by atoms with E-state index in [2.05, 4.69) is 39.5 Å². The molecule has 0 atom stereocenters. The number of pyridine rings is 1. The minimum absolute atomic E-state index is 0.0791. The number of rotatable bonds is 11. The Hall–Kier alpha value is -4.76. The zero-order chi connectivity index (χ0) is 30.1. The van der Waals surface area contributed by atoms with Crippen molar-refractivity contribution in [3.8, 4) is 11.5 Å². The summed E-state index contributed by atoms with van der Waals surface area (Å²) in [7, 11) is 0. The molecule has 8 heteroatoms. The second kappa shape index (κ2) is 14.1. The van der Waals surface area contributed by atoms with Gasteiger partial charge in [0.2, 0.25) is 0 Å². The number of piperazine rings is 1. The number of ether oxygens (including phenoxy) is 1. The van der Waals surface area contributed by atoms with Crippen molar-refractivity contribution in [1.82, 2.24) is 20.3 Å². The topological polar surface area (TPSA) is 87.2 Å². The standard InChI is InChI=1S/C36H36N4O4/c41-33-24-31-30(14-7-15-34(31)43-26-27-9-8-16-37-25-27)23-32(33)36(42)38-17-18-39-19-21-40(22-20-39)44-35(28-10-3-1-4-11-28)29-12-5-2-6-13-29/h1-16,23-25,35,41H,17-22,26H2,(H,38,42). The largest absolute Gasteiger partial charge is 0.507 e. The Morgan fingerprint density at radius 3 is 2.27 bits per heavy atom. The molecular weight excluding hydrogens is 552 g/mol. The second-order valence-electron chi connectivity index (χ2n) is 10.8. The molecular formula is C36H36N4O4. The van der Waals surface area contributed by atoms with Crippen molar-refractivity contribution >= 4 is 16.7 Å². The minimum Gasteiger partial charge on any atom is -0.507 e. The van der Waals surface area contributed by atoms with Gasteiger partial charge in [-0.3, -0.25) is 19.5 Å². The Balaban J connectivity index is 1.00. The van der Waals surface area contributed by atoms with Crippen LogP contribution in [0.2, 0.25) is 0 Å². The number of hydroxylamine groups is 2. The maximum atomic E-state index is 13.0. The van der Waals surface area contributed by atoms with Gasteiger partial charge < -0.3 is 15.2 Å². The first-order valence-electron chi connectivity index (χ1n) is 14.9. The third kappa shape index (κ3) is 7.23. The number of benzene rings is 4. The highest BCUT2D eigenvalue weighted by Crippen LogP contribution is 2.32. The molecule has 1 amide bonds. The third-order valence-electron chi connectivity index (χ3n) is 7.82. The first-order chi connectivity index (χ1) is 21.6. The summed E-state index contributed by atoms with van der Waals surface area (Å²) in [5.41, 5.74) is 3.43. The lowest BCUT2D eigenvalue weighted by atomic mass is 10.0. The van der Waals surface area contributed by atoms with Gasteiger partial charge in [-0.15, -0.1) is 0 Å². The first-order valence-corrected chi connectivity index (χ1v) is 14.9. The molecule has 5 aromatic rings. The van der Waals surface area contributed by atoms with E-state index in [1.54, 1.807) is 24.5 Å². The fourth-order valence-electron chi connectivity index (χ4n) is 5.44. The van der Waals surface area contributed by atoms with E-state index in [1.165, 1.54) is 0 Å². The summed E-state index contributed by atoms with van der Waals surface area (Å²) in [6.45, 7) is 4.73. The molecule has 0 unspecified atom stereocenters. The average Bonchev–Trinajstić information content (AvgIpc) is 3.08. The second-order valence-corrected chi connectivity index (χ2v) is 10.8. The van der Waals surface area contributed by atoms with Gasteiger partial charge in [-0.25, -0.2) is 0 Å². The van der Waals surface area contributed by atoms with Crippen molar-refractivity contribution in [1.29, 1.82) is 0 Å². The molecule has 1 aromatic heterocycles. The summed E-state index contributed by atoms with van der Waals surface area (Å²) >= 11 is 0. The number of phenols is 1. The smallest absolute Gasteiger partial charge is 0.255 e.